The van der Waals surface area contributed by atoms with Gasteiger partial charge in [-0.3, -0.25) is 9.69 Å². The highest BCUT2D eigenvalue weighted by Crippen LogP contribution is 2.49. The van der Waals surface area contributed by atoms with Gasteiger partial charge in [-0.05, 0) is 88.4 Å². The molecule has 3 amide bonds. The maximum absolute atomic E-state index is 15.1. The number of piperazine rings is 1. The lowest BCUT2D eigenvalue weighted by Crippen LogP contribution is -2.61. The second-order valence-electron chi connectivity index (χ2n) is 12.1. The van der Waals surface area contributed by atoms with Crippen molar-refractivity contribution in [3.63, 3.8) is 0 Å². The number of hydrogen-bond donors (Lipinski definition) is 1. The molecule has 13 heteroatoms. The molecule has 2 fully saturated rings. The Kier molecular flexibility index (Phi) is 9.14. The third kappa shape index (κ3) is 5.92. The Labute approximate surface area is 274 Å². The van der Waals surface area contributed by atoms with E-state index in [9.17, 15) is 18.0 Å². The van der Waals surface area contributed by atoms with Crippen LogP contribution in [0.1, 0.15) is 30.9 Å². The third-order valence-corrected chi connectivity index (χ3v) is 11.1. The van der Waals surface area contributed by atoms with Gasteiger partial charge < -0.3 is 24.6 Å². The molecule has 0 radical (unpaired) electrons. The summed E-state index contributed by atoms with van der Waals surface area (Å²) in [5.41, 5.74) is -1.99. The van der Waals surface area contributed by atoms with Gasteiger partial charge in [0.25, 0.3) is 15.9 Å². The first-order chi connectivity index (χ1) is 22.6. The summed E-state index contributed by atoms with van der Waals surface area (Å²) < 4.78 is 55.3. The average Bonchev–Trinajstić information content (AvgIpc) is 3.33. The van der Waals surface area contributed by atoms with E-state index in [0.717, 1.165) is 38.1 Å². The van der Waals surface area contributed by atoms with Crippen molar-refractivity contribution in [2.45, 2.75) is 36.2 Å². The molecule has 6 rings (SSSR count). The number of para-hydroxylation sites is 1. The van der Waals surface area contributed by atoms with Crippen molar-refractivity contribution in [3.05, 3.63) is 83.7 Å². The molecule has 0 bridgehead atoms. The molecule has 3 aromatic rings. The number of anilines is 1. The highest BCUT2D eigenvalue weighted by molar-refractivity contribution is 7.93. The summed E-state index contributed by atoms with van der Waals surface area (Å²) in [5, 5.41) is 2.92. The van der Waals surface area contributed by atoms with Crippen LogP contribution in [-0.2, 0) is 20.4 Å². The van der Waals surface area contributed by atoms with Crippen LogP contribution in [0, 0.1) is 5.82 Å². The Balaban J connectivity index is 1.41. The molecule has 0 saturated carbocycles. The average molecular weight is 666 g/mol. The fourth-order valence-corrected chi connectivity index (χ4v) is 8.31. The van der Waals surface area contributed by atoms with E-state index in [0.29, 0.717) is 42.3 Å². The minimum absolute atomic E-state index is 0.00921. The van der Waals surface area contributed by atoms with Crippen molar-refractivity contribution < 1.29 is 31.9 Å². The second-order valence-corrected chi connectivity index (χ2v) is 13.9. The van der Waals surface area contributed by atoms with E-state index in [1.807, 2.05) is 0 Å². The Hall–Kier alpha value is -4.20. The molecular weight excluding hydrogens is 625 g/mol. The number of halogens is 1. The van der Waals surface area contributed by atoms with E-state index >= 15 is 4.39 Å². The fourth-order valence-electron chi connectivity index (χ4n) is 6.85. The minimum Gasteiger partial charge on any atom is -0.497 e. The number of piperidine rings is 1. The summed E-state index contributed by atoms with van der Waals surface area (Å²) in [4.78, 5) is 35.3. The number of carbonyl (C=O) groups is 2. The quantitative estimate of drug-likeness (QED) is 0.389. The van der Waals surface area contributed by atoms with Crippen molar-refractivity contribution in [1.82, 2.24) is 20.0 Å². The molecule has 3 heterocycles. The highest BCUT2D eigenvalue weighted by atomic mass is 32.2. The molecule has 47 heavy (non-hydrogen) atoms. The lowest BCUT2D eigenvalue weighted by Gasteiger charge is -2.43. The maximum Gasteiger partial charge on any atom is 0.318 e. The molecule has 3 aliphatic heterocycles. The summed E-state index contributed by atoms with van der Waals surface area (Å²) in [7, 11) is -0.959. The van der Waals surface area contributed by atoms with Gasteiger partial charge in [0, 0.05) is 43.3 Å². The number of nitrogens with one attached hydrogen (secondary N) is 1. The first-order valence-electron chi connectivity index (χ1n) is 15.9. The zero-order valence-corrected chi connectivity index (χ0v) is 27.6. The fraction of sp³-hybridized carbons (Fsp3) is 0.412. The van der Waals surface area contributed by atoms with Crippen molar-refractivity contribution in [3.8, 4) is 11.5 Å². The number of likely N-dealkylation sites (tertiary alicyclic amines) is 1. The van der Waals surface area contributed by atoms with Crippen LogP contribution in [0.15, 0.2) is 71.6 Å². The molecule has 3 aliphatic rings. The van der Waals surface area contributed by atoms with Gasteiger partial charge in [0.15, 0.2) is 5.54 Å². The normalized spacial score (nSPS) is 21.1. The molecule has 0 aromatic heterocycles. The molecule has 11 nitrogen and oxygen atoms in total. The van der Waals surface area contributed by atoms with Gasteiger partial charge in [0.05, 0.1) is 24.3 Å². The molecular formula is C34H40FN5O6S. The summed E-state index contributed by atoms with van der Waals surface area (Å²) >= 11 is 0. The van der Waals surface area contributed by atoms with Crippen LogP contribution in [0.4, 0.5) is 14.9 Å². The van der Waals surface area contributed by atoms with Gasteiger partial charge in [-0.1, -0.05) is 18.2 Å². The van der Waals surface area contributed by atoms with Crippen LogP contribution < -0.4 is 19.1 Å². The number of ether oxygens (including phenoxy) is 2. The summed E-state index contributed by atoms with van der Waals surface area (Å²) in [6, 6.07) is 15.6. The molecule has 250 valence electrons. The van der Waals surface area contributed by atoms with Gasteiger partial charge in [-0.2, -0.15) is 4.31 Å². The maximum atomic E-state index is 15.1. The zero-order valence-electron chi connectivity index (χ0n) is 26.8. The van der Waals surface area contributed by atoms with Crippen LogP contribution >= 0.6 is 0 Å². The van der Waals surface area contributed by atoms with Gasteiger partial charge >= 0.3 is 6.03 Å². The van der Waals surface area contributed by atoms with Crippen LogP contribution in [-0.4, -0.2) is 101 Å². The van der Waals surface area contributed by atoms with Crippen molar-refractivity contribution in [2.75, 3.05) is 64.3 Å². The van der Waals surface area contributed by atoms with Crippen molar-refractivity contribution in [1.29, 1.82) is 0 Å². The Morgan fingerprint density at radius 2 is 1.64 bits per heavy atom. The van der Waals surface area contributed by atoms with Crippen LogP contribution in [0.5, 0.6) is 11.5 Å². The summed E-state index contributed by atoms with van der Waals surface area (Å²) in [6.45, 7) is 6.23. The number of nitrogens with zero attached hydrogens (tertiary/aromatic N) is 4. The molecule has 1 unspecified atom stereocenters. The van der Waals surface area contributed by atoms with Crippen molar-refractivity contribution >= 4 is 27.6 Å². The number of benzene rings is 3. The predicted molar refractivity (Wildman–Crippen MR) is 175 cm³/mol. The van der Waals surface area contributed by atoms with E-state index in [1.54, 1.807) is 36.1 Å². The zero-order chi connectivity index (χ0) is 33.3. The first kappa shape index (κ1) is 32.7. The lowest BCUT2D eigenvalue weighted by atomic mass is 9.83. The highest BCUT2D eigenvalue weighted by Gasteiger charge is 2.58. The number of carbonyl (C=O) groups excluding carboxylic acids is 2. The molecule has 0 spiro atoms. The topological polar surface area (TPSA) is 112 Å². The number of urea groups is 1. The standard InChI is InChI=1S/C34H40FN5O6S/c1-4-46-31-8-6-5-7-28(31)34(36-33(42)39-21-19-38(20-22-39)25-15-17-37(2)18-16-25)29-23-24(35)9-14-30(29)40(32(34)41)47(43,44)27-12-10-26(45-3)11-13-27/h5-14,23,25H,4,15-22H2,1-3H3,(H,36,42). The number of amides is 3. The van der Waals surface area contributed by atoms with E-state index in [-0.39, 0.29) is 34.1 Å². The van der Waals surface area contributed by atoms with E-state index in [2.05, 4.69) is 22.2 Å². The number of sulfonamides is 1. The largest absolute Gasteiger partial charge is 0.497 e. The molecule has 1 N–H and O–H groups in total. The van der Waals surface area contributed by atoms with Crippen molar-refractivity contribution in [2.24, 2.45) is 0 Å². The van der Waals surface area contributed by atoms with E-state index in [1.165, 1.54) is 37.4 Å². The smallest absolute Gasteiger partial charge is 0.318 e. The second kappa shape index (κ2) is 13.1. The molecule has 3 aromatic carbocycles. The van der Waals surface area contributed by atoms with Gasteiger partial charge in [0.2, 0.25) is 0 Å². The number of rotatable bonds is 8. The SMILES string of the molecule is CCOc1ccccc1C1(NC(=O)N2CCN(C3CCN(C)CC3)CC2)C(=O)N(S(=O)(=O)c2ccc(OC)cc2)c2ccc(F)cc21. The number of hydrogen-bond acceptors (Lipinski definition) is 8. The Morgan fingerprint density at radius 1 is 0.957 bits per heavy atom. The van der Waals surface area contributed by atoms with Gasteiger partial charge in [-0.25, -0.2) is 17.6 Å². The Morgan fingerprint density at radius 3 is 2.30 bits per heavy atom. The van der Waals surface area contributed by atoms with E-state index in [4.69, 9.17) is 9.47 Å². The summed E-state index contributed by atoms with van der Waals surface area (Å²) in [5.74, 6) is -0.976. The monoisotopic (exact) mass is 665 g/mol. The third-order valence-electron chi connectivity index (χ3n) is 9.38. The number of methoxy groups -OCH3 is 1. The minimum atomic E-state index is -4.54. The predicted octanol–water partition coefficient (Wildman–Crippen LogP) is 3.63. The Bertz CT molecular complexity index is 1740. The number of fused-ring (bicyclic) bond motifs is 1. The molecule has 1 atom stereocenters. The molecule has 2 saturated heterocycles. The van der Waals surface area contributed by atoms with Crippen LogP contribution in [0.25, 0.3) is 0 Å². The van der Waals surface area contributed by atoms with Gasteiger partial charge in [0.1, 0.15) is 17.3 Å². The van der Waals surface area contributed by atoms with Crippen LogP contribution in [0.3, 0.4) is 0 Å². The molecule has 0 aliphatic carbocycles. The van der Waals surface area contributed by atoms with E-state index < -0.39 is 33.3 Å². The van der Waals surface area contributed by atoms with Crippen LogP contribution in [0.2, 0.25) is 0 Å². The first-order valence-corrected chi connectivity index (χ1v) is 17.3. The summed E-state index contributed by atoms with van der Waals surface area (Å²) in [6.07, 6.45) is 2.13. The lowest BCUT2D eigenvalue weighted by molar-refractivity contribution is -0.121. The van der Waals surface area contributed by atoms with Gasteiger partial charge in [-0.15, -0.1) is 0 Å².